The van der Waals surface area contributed by atoms with E-state index in [1.165, 1.54) is 231 Å². The summed E-state index contributed by atoms with van der Waals surface area (Å²) in [5, 5.41) is 0. The summed E-state index contributed by atoms with van der Waals surface area (Å²) in [6.07, 6.45) is 89.2. The van der Waals surface area contributed by atoms with E-state index in [1.807, 2.05) is 0 Å². The van der Waals surface area contributed by atoms with Crippen LogP contribution in [0.25, 0.3) is 0 Å². The molecule has 0 aliphatic heterocycles. The molecule has 0 aliphatic carbocycles. The third-order valence-electron chi connectivity index (χ3n) is 15.4. The molecule has 0 saturated carbocycles. The number of ether oxygens (including phenoxy) is 3. The molecular formula is C74H132O6. The molecule has 80 heavy (non-hydrogen) atoms. The Morgan fingerprint density at radius 1 is 0.250 bits per heavy atom. The van der Waals surface area contributed by atoms with E-state index in [9.17, 15) is 14.4 Å². The van der Waals surface area contributed by atoms with Gasteiger partial charge in [-0.05, 0) is 116 Å². The van der Waals surface area contributed by atoms with E-state index in [1.54, 1.807) is 0 Å². The normalized spacial score (nSPS) is 12.5. The molecule has 6 heteroatoms. The van der Waals surface area contributed by atoms with Crippen LogP contribution in [0.15, 0.2) is 72.9 Å². The quantitative estimate of drug-likeness (QED) is 0.0261. The van der Waals surface area contributed by atoms with Crippen molar-refractivity contribution < 1.29 is 28.6 Å². The predicted octanol–water partition coefficient (Wildman–Crippen LogP) is 24.1. The van der Waals surface area contributed by atoms with Crippen molar-refractivity contribution >= 4 is 17.9 Å². The van der Waals surface area contributed by atoms with Crippen LogP contribution < -0.4 is 0 Å². The van der Waals surface area contributed by atoms with Crippen LogP contribution >= 0.6 is 0 Å². The molecule has 0 bridgehead atoms. The summed E-state index contributed by atoms with van der Waals surface area (Å²) in [5.74, 6) is -0.876. The lowest BCUT2D eigenvalue weighted by Gasteiger charge is -2.18. The van der Waals surface area contributed by atoms with Gasteiger partial charge in [-0.2, -0.15) is 0 Å². The minimum atomic E-state index is -0.784. The zero-order chi connectivity index (χ0) is 57.8. The summed E-state index contributed by atoms with van der Waals surface area (Å²) in [4.78, 5) is 38.4. The van der Waals surface area contributed by atoms with Gasteiger partial charge in [0.2, 0.25) is 0 Å². The first-order valence-corrected chi connectivity index (χ1v) is 34.9. The SMILES string of the molecule is CCCCC/C=C\C/C=C\CCCCCCCCCC(=O)OCC(COC(=O)CCCCCCCCCCCCCCCCC/C=C\C/C=C\CCCCCCC)OC(=O)CCCCCCCCC/C=C\C/C=C\CCCCCC. The Labute approximate surface area is 497 Å². The molecular weight excluding hydrogens is 985 g/mol. The number of allylic oxidation sites excluding steroid dienone is 12. The van der Waals surface area contributed by atoms with Gasteiger partial charge in [0.05, 0.1) is 0 Å². The molecule has 0 aliphatic rings. The van der Waals surface area contributed by atoms with Gasteiger partial charge < -0.3 is 14.2 Å². The first-order valence-electron chi connectivity index (χ1n) is 34.9. The number of hydrogen-bond donors (Lipinski definition) is 0. The summed E-state index contributed by atoms with van der Waals surface area (Å²) >= 11 is 0. The maximum atomic E-state index is 12.9. The maximum absolute atomic E-state index is 12.9. The fraction of sp³-hybridized carbons (Fsp3) is 0.797. The van der Waals surface area contributed by atoms with E-state index < -0.39 is 6.10 Å². The van der Waals surface area contributed by atoms with Crippen LogP contribution in [-0.2, 0) is 28.6 Å². The summed E-state index contributed by atoms with van der Waals surface area (Å²) in [5.41, 5.74) is 0. The molecule has 1 atom stereocenters. The first kappa shape index (κ1) is 76.9. The second kappa shape index (κ2) is 68.3. The van der Waals surface area contributed by atoms with E-state index in [4.69, 9.17) is 14.2 Å². The number of carbonyl (C=O) groups is 3. The van der Waals surface area contributed by atoms with Crippen molar-refractivity contribution in [2.75, 3.05) is 13.2 Å². The molecule has 0 aromatic rings. The maximum Gasteiger partial charge on any atom is 0.306 e. The number of rotatable bonds is 64. The highest BCUT2D eigenvalue weighted by Gasteiger charge is 2.19. The van der Waals surface area contributed by atoms with E-state index >= 15 is 0 Å². The molecule has 0 aromatic carbocycles. The van der Waals surface area contributed by atoms with Crippen molar-refractivity contribution in [1.82, 2.24) is 0 Å². The monoisotopic (exact) mass is 1120 g/mol. The van der Waals surface area contributed by atoms with Gasteiger partial charge >= 0.3 is 17.9 Å². The number of hydrogen-bond acceptors (Lipinski definition) is 6. The molecule has 0 spiro atoms. The second-order valence-corrected chi connectivity index (χ2v) is 23.4. The van der Waals surface area contributed by atoms with Gasteiger partial charge in [-0.25, -0.2) is 0 Å². The smallest absolute Gasteiger partial charge is 0.306 e. The van der Waals surface area contributed by atoms with E-state index in [0.29, 0.717) is 19.3 Å². The van der Waals surface area contributed by atoms with Gasteiger partial charge in [0.15, 0.2) is 6.10 Å². The second-order valence-electron chi connectivity index (χ2n) is 23.4. The first-order chi connectivity index (χ1) is 39.5. The van der Waals surface area contributed by atoms with E-state index in [2.05, 4.69) is 93.7 Å². The highest BCUT2D eigenvalue weighted by molar-refractivity contribution is 5.71. The molecule has 0 N–H and O–H groups in total. The van der Waals surface area contributed by atoms with Crippen LogP contribution in [0.5, 0.6) is 0 Å². The lowest BCUT2D eigenvalue weighted by molar-refractivity contribution is -0.167. The summed E-state index contributed by atoms with van der Waals surface area (Å²) in [7, 11) is 0. The Hall–Kier alpha value is -3.15. The lowest BCUT2D eigenvalue weighted by Crippen LogP contribution is -2.30. The fourth-order valence-electron chi connectivity index (χ4n) is 10.1. The molecule has 6 nitrogen and oxygen atoms in total. The summed E-state index contributed by atoms with van der Waals surface area (Å²) in [6, 6.07) is 0. The number of esters is 3. The van der Waals surface area contributed by atoms with Gasteiger partial charge in [-0.3, -0.25) is 14.4 Å². The van der Waals surface area contributed by atoms with E-state index in [0.717, 1.165) is 89.9 Å². The van der Waals surface area contributed by atoms with Crippen molar-refractivity contribution in [3.63, 3.8) is 0 Å². The largest absolute Gasteiger partial charge is 0.462 e. The van der Waals surface area contributed by atoms with Gasteiger partial charge in [0.25, 0.3) is 0 Å². The molecule has 0 radical (unpaired) electrons. The Morgan fingerprint density at radius 2 is 0.450 bits per heavy atom. The molecule has 0 heterocycles. The topological polar surface area (TPSA) is 78.9 Å². The molecule has 1 unspecified atom stereocenters. The Kier molecular flexibility index (Phi) is 65.7. The Morgan fingerprint density at radius 3 is 0.725 bits per heavy atom. The summed E-state index contributed by atoms with van der Waals surface area (Å²) < 4.78 is 17.0. The predicted molar refractivity (Wildman–Crippen MR) is 348 cm³/mol. The Bertz CT molecular complexity index is 1470. The van der Waals surface area contributed by atoms with E-state index in [-0.39, 0.29) is 31.1 Å². The third kappa shape index (κ3) is 65.7. The van der Waals surface area contributed by atoms with Crippen LogP contribution in [-0.4, -0.2) is 37.2 Å². The number of carbonyl (C=O) groups excluding carboxylic acids is 3. The standard InChI is InChI=1S/C74H132O6/c1-4-7-10-13-16-19-22-25-28-31-33-34-35-36-37-38-39-40-41-44-46-49-52-55-58-61-64-67-73(76)79-70-71(69-78-72(75)66-63-60-57-54-51-48-45-42-30-27-24-21-18-15-12-9-6-3)80-74(77)68-65-62-59-56-53-50-47-43-32-29-26-23-20-17-14-11-8-5-2/h18,20-23,25,27,29-33,71H,4-17,19,24,26,28,34-70H2,1-3H3/b21-18-,23-20-,25-22-,30-27-,32-29-,33-31-. The van der Waals surface area contributed by atoms with Crippen molar-refractivity contribution in [2.45, 2.75) is 367 Å². The summed E-state index contributed by atoms with van der Waals surface area (Å²) in [6.45, 7) is 6.62. The van der Waals surface area contributed by atoms with Gasteiger partial charge in [-0.15, -0.1) is 0 Å². The minimum absolute atomic E-state index is 0.0789. The average Bonchev–Trinajstić information content (AvgIpc) is 3.46. The lowest BCUT2D eigenvalue weighted by atomic mass is 10.0. The van der Waals surface area contributed by atoms with Crippen molar-refractivity contribution in [3.05, 3.63) is 72.9 Å². The van der Waals surface area contributed by atoms with Crippen LogP contribution in [0, 0.1) is 0 Å². The fourth-order valence-corrected chi connectivity index (χ4v) is 10.1. The zero-order valence-electron chi connectivity index (χ0n) is 53.3. The van der Waals surface area contributed by atoms with Crippen LogP contribution in [0.2, 0.25) is 0 Å². The van der Waals surface area contributed by atoms with Crippen LogP contribution in [0.4, 0.5) is 0 Å². The number of unbranched alkanes of at least 4 members (excludes halogenated alkanes) is 41. The molecule has 0 fully saturated rings. The van der Waals surface area contributed by atoms with Crippen LogP contribution in [0.3, 0.4) is 0 Å². The average molecular weight is 1120 g/mol. The zero-order valence-corrected chi connectivity index (χ0v) is 53.3. The van der Waals surface area contributed by atoms with Gasteiger partial charge in [-0.1, -0.05) is 299 Å². The van der Waals surface area contributed by atoms with Gasteiger partial charge in [0, 0.05) is 19.3 Å². The highest BCUT2D eigenvalue weighted by Crippen LogP contribution is 2.17. The van der Waals surface area contributed by atoms with Crippen molar-refractivity contribution in [3.8, 4) is 0 Å². The molecule has 0 aromatic heterocycles. The molecule has 0 saturated heterocycles. The molecule has 464 valence electrons. The van der Waals surface area contributed by atoms with Crippen LogP contribution in [0.1, 0.15) is 361 Å². The minimum Gasteiger partial charge on any atom is -0.462 e. The molecule has 0 rings (SSSR count). The molecule has 0 amide bonds. The van der Waals surface area contributed by atoms with Crippen molar-refractivity contribution in [1.29, 1.82) is 0 Å². The highest BCUT2D eigenvalue weighted by atomic mass is 16.6. The van der Waals surface area contributed by atoms with Crippen molar-refractivity contribution in [2.24, 2.45) is 0 Å². The Balaban J connectivity index is 4.30. The van der Waals surface area contributed by atoms with Gasteiger partial charge in [0.1, 0.15) is 13.2 Å². The third-order valence-corrected chi connectivity index (χ3v) is 15.4.